The lowest BCUT2D eigenvalue weighted by molar-refractivity contribution is 0.225. The third kappa shape index (κ3) is 4.41. The lowest BCUT2D eigenvalue weighted by Gasteiger charge is -2.36. The Morgan fingerprint density at radius 1 is 1.21 bits per heavy atom. The SMILES string of the molecule is Cn1ncc(-c2cc3c(I)n[nH]c3cn2)c1OCCCO[Si](C)(C)C(C)(C)C. The molecule has 9 heteroatoms. The summed E-state index contributed by atoms with van der Waals surface area (Å²) >= 11 is 2.21. The molecule has 28 heavy (non-hydrogen) atoms. The van der Waals surface area contributed by atoms with Crippen molar-refractivity contribution >= 4 is 41.8 Å². The Balaban J connectivity index is 1.66. The molecule has 0 fully saturated rings. The minimum atomic E-state index is -1.71. The van der Waals surface area contributed by atoms with E-state index in [9.17, 15) is 0 Å². The van der Waals surface area contributed by atoms with Gasteiger partial charge in [-0.25, -0.2) is 4.68 Å². The highest BCUT2D eigenvalue weighted by Gasteiger charge is 2.36. The molecule has 0 atom stereocenters. The fraction of sp³-hybridized carbons (Fsp3) is 0.526. The van der Waals surface area contributed by atoms with E-state index >= 15 is 0 Å². The first-order valence-electron chi connectivity index (χ1n) is 9.39. The number of rotatable bonds is 7. The lowest BCUT2D eigenvalue weighted by atomic mass is 10.2. The highest BCUT2D eigenvalue weighted by Crippen LogP contribution is 2.36. The van der Waals surface area contributed by atoms with Crippen LogP contribution in [0.4, 0.5) is 0 Å². The van der Waals surface area contributed by atoms with Gasteiger partial charge in [0.05, 0.1) is 35.8 Å². The Kier molecular flexibility index (Phi) is 6.16. The number of hydrogen-bond acceptors (Lipinski definition) is 5. The van der Waals surface area contributed by atoms with Crippen molar-refractivity contribution in [2.24, 2.45) is 7.05 Å². The number of ether oxygens (including phenoxy) is 1. The van der Waals surface area contributed by atoms with E-state index < -0.39 is 8.32 Å². The molecule has 0 saturated heterocycles. The molecule has 152 valence electrons. The second-order valence-corrected chi connectivity index (χ2v) is 14.3. The van der Waals surface area contributed by atoms with Crippen molar-refractivity contribution in [1.29, 1.82) is 0 Å². The van der Waals surface area contributed by atoms with Gasteiger partial charge in [-0.2, -0.15) is 10.2 Å². The van der Waals surface area contributed by atoms with Gasteiger partial charge in [-0.05, 0) is 46.8 Å². The van der Waals surface area contributed by atoms with Crippen molar-refractivity contribution in [2.75, 3.05) is 13.2 Å². The van der Waals surface area contributed by atoms with Crippen LogP contribution in [0.25, 0.3) is 22.2 Å². The van der Waals surface area contributed by atoms with Gasteiger partial charge in [0.1, 0.15) is 3.70 Å². The molecule has 0 unspecified atom stereocenters. The summed E-state index contributed by atoms with van der Waals surface area (Å²) in [4.78, 5) is 4.54. The molecule has 3 rings (SSSR count). The molecule has 3 aromatic rings. The van der Waals surface area contributed by atoms with E-state index in [0.29, 0.717) is 13.2 Å². The number of nitrogens with zero attached hydrogens (tertiary/aromatic N) is 4. The Morgan fingerprint density at radius 2 is 1.96 bits per heavy atom. The van der Waals surface area contributed by atoms with E-state index in [1.807, 2.05) is 13.1 Å². The van der Waals surface area contributed by atoms with Crippen LogP contribution in [0.15, 0.2) is 18.5 Å². The molecule has 0 saturated carbocycles. The average molecular weight is 513 g/mol. The smallest absolute Gasteiger partial charge is 0.221 e. The molecule has 0 aliphatic heterocycles. The number of aromatic amines is 1. The van der Waals surface area contributed by atoms with Crippen LogP contribution >= 0.6 is 22.6 Å². The standard InChI is InChI=1S/C19H28IN5O2Si/c1-19(2,3)28(5,6)27-9-7-8-26-18-14(11-22-25(18)4)15-10-13-16(12-21-15)23-24-17(13)20/h10-12H,7-9H2,1-6H3,(H,23,24). The topological polar surface area (TPSA) is 77.9 Å². The number of nitrogens with one attached hydrogen (secondary N) is 1. The van der Waals surface area contributed by atoms with Crippen LogP contribution < -0.4 is 4.74 Å². The molecule has 3 heterocycles. The maximum atomic E-state index is 6.22. The monoisotopic (exact) mass is 513 g/mol. The van der Waals surface area contributed by atoms with Crippen molar-refractivity contribution in [3.05, 3.63) is 22.2 Å². The van der Waals surface area contributed by atoms with Crippen LogP contribution in [-0.4, -0.2) is 46.5 Å². The third-order valence-corrected chi connectivity index (χ3v) is 10.7. The fourth-order valence-electron chi connectivity index (χ4n) is 2.58. The molecule has 0 bridgehead atoms. The Bertz CT molecular complexity index is 961. The molecule has 0 aliphatic rings. The molecule has 0 spiro atoms. The first-order chi connectivity index (χ1) is 13.1. The maximum Gasteiger partial charge on any atom is 0.221 e. The van der Waals surface area contributed by atoms with Crippen LogP contribution in [0.3, 0.4) is 0 Å². The number of H-pyrrole nitrogens is 1. The van der Waals surface area contributed by atoms with Crippen molar-refractivity contribution in [1.82, 2.24) is 25.0 Å². The summed E-state index contributed by atoms with van der Waals surface area (Å²) in [5, 5.41) is 12.8. The van der Waals surface area contributed by atoms with E-state index in [1.165, 1.54) is 0 Å². The summed E-state index contributed by atoms with van der Waals surface area (Å²) in [6.07, 6.45) is 4.43. The van der Waals surface area contributed by atoms with Gasteiger partial charge >= 0.3 is 0 Å². The first kappa shape index (κ1) is 21.3. The Morgan fingerprint density at radius 3 is 2.68 bits per heavy atom. The predicted octanol–water partition coefficient (Wildman–Crippen LogP) is 4.75. The minimum Gasteiger partial charge on any atom is -0.477 e. The molecule has 0 amide bonds. The van der Waals surface area contributed by atoms with Crippen LogP contribution in [0.2, 0.25) is 18.1 Å². The second-order valence-electron chi connectivity index (χ2n) is 8.43. The zero-order valence-electron chi connectivity index (χ0n) is 17.3. The minimum absolute atomic E-state index is 0.220. The summed E-state index contributed by atoms with van der Waals surface area (Å²) < 4.78 is 14.9. The van der Waals surface area contributed by atoms with Crippen LogP contribution in [0, 0.1) is 3.70 Å². The van der Waals surface area contributed by atoms with E-state index in [0.717, 1.165) is 38.2 Å². The largest absolute Gasteiger partial charge is 0.477 e. The number of aromatic nitrogens is 5. The van der Waals surface area contributed by atoms with E-state index in [4.69, 9.17) is 9.16 Å². The highest BCUT2D eigenvalue weighted by molar-refractivity contribution is 14.1. The van der Waals surface area contributed by atoms with Gasteiger partial charge in [0.25, 0.3) is 0 Å². The fourth-order valence-corrected chi connectivity index (χ4v) is 4.23. The van der Waals surface area contributed by atoms with Crippen LogP contribution in [0.5, 0.6) is 5.88 Å². The van der Waals surface area contributed by atoms with Crippen LogP contribution in [-0.2, 0) is 11.5 Å². The predicted molar refractivity (Wildman–Crippen MR) is 122 cm³/mol. The van der Waals surface area contributed by atoms with Gasteiger partial charge in [0.15, 0.2) is 8.32 Å². The van der Waals surface area contributed by atoms with Crippen molar-refractivity contribution in [2.45, 2.75) is 45.3 Å². The van der Waals surface area contributed by atoms with Gasteiger partial charge in [-0.1, -0.05) is 20.8 Å². The van der Waals surface area contributed by atoms with E-state index in [-0.39, 0.29) is 5.04 Å². The normalized spacial score (nSPS) is 12.7. The van der Waals surface area contributed by atoms with E-state index in [1.54, 1.807) is 17.1 Å². The van der Waals surface area contributed by atoms with Crippen molar-refractivity contribution in [3.63, 3.8) is 0 Å². The van der Waals surface area contributed by atoms with E-state index in [2.05, 4.69) is 76.7 Å². The molecule has 0 aliphatic carbocycles. The van der Waals surface area contributed by atoms with Gasteiger partial charge in [-0.3, -0.25) is 10.1 Å². The summed E-state index contributed by atoms with van der Waals surface area (Å²) in [5.41, 5.74) is 2.63. The lowest BCUT2D eigenvalue weighted by Crippen LogP contribution is -2.41. The van der Waals surface area contributed by atoms with Gasteiger partial charge in [0, 0.05) is 25.5 Å². The van der Waals surface area contributed by atoms with Crippen LogP contribution in [0.1, 0.15) is 27.2 Å². The Hall–Kier alpha value is -1.46. The van der Waals surface area contributed by atoms with Gasteiger partial charge in [-0.15, -0.1) is 0 Å². The summed E-state index contributed by atoms with van der Waals surface area (Å²) in [7, 11) is 0.167. The number of pyridine rings is 1. The van der Waals surface area contributed by atoms with Gasteiger partial charge < -0.3 is 9.16 Å². The third-order valence-electron chi connectivity index (χ3n) is 5.36. The Labute approximate surface area is 180 Å². The molecule has 1 N–H and O–H groups in total. The quantitative estimate of drug-likeness (QED) is 0.280. The number of hydrogen-bond donors (Lipinski definition) is 1. The zero-order chi connectivity index (χ0) is 20.5. The number of fused-ring (bicyclic) bond motifs is 1. The average Bonchev–Trinajstić information content (AvgIpc) is 3.17. The summed E-state index contributed by atoms with van der Waals surface area (Å²) in [6.45, 7) is 12.6. The molecule has 0 radical (unpaired) electrons. The van der Waals surface area contributed by atoms with Crippen molar-refractivity contribution < 1.29 is 9.16 Å². The molecule has 3 aromatic heterocycles. The maximum absolute atomic E-state index is 6.22. The summed E-state index contributed by atoms with van der Waals surface area (Å²) in [6, 6.07) is 2.02. The highest BCUT2D eigenvalue weighted by atomic mass is 127. The van der Waals surface area contributed by atoms with Gasteiger partial charge in [0.2, 0.25) is 5.88 Å². The van der Waals surface area contributed by atoms with Crippen molar-refractivity contribution in [3.8, 4) is 17.1 Å². The zero-order valence-corrected chi connectivity index (χ0v) is 20.5. The number of halogens is 1. The molecular formula is C19H28IN5O2Si. The molecule has 0 aromatic carbocycles. The second kappa shape index (κ2) is 8.11. The number of aryl methyl sites for hydroxylation is 1. The molecular weight excluding hydrogens is 485 g/mol. The molecule has 7 nitrogen and oxygen atoms in total. The summed E-state index contributed by atoms with van der Waals surface area (Å²) in [5.74, 6) is 0.720. The first-order valence-corrected chi connectivity index (χ1v) is 13.4.